The molecule has 8 heteroatoms. The first-order valence-corrected chi connectivity index (χ1v) is 6.80. The summed E-state index contributed by atoms with van der Waals surface area (Å²) in [6.07, 6.45) is 0.602. The fourth-order valence-electron chi connectivity index (χ4n) is 1.89. The van der Waals surface area contributed by atoms with E-state index in [9.17, 15) is 10.1 Å². The second-order valence-electron chi connectivity index (χ2n) is 4.31. The van der Waals surface area contributed by atoms with E-state index in [0.29, 0.717) is 18.1 Å². The lowest BCUT2D eigenvalue weighted by Crippen LogP contribution is -2.04. The Morgan fingerprint density at radius 1 is 1.55 bits per heavy atom. The molecule has 0 fully saturated rings. The molecule has 0 amide bonds. The first-order valence-electron chi connectivity index (χ1n) is 6.42. The number of carbonyl (C=O) groups excluding carboxylic acids is 1. The third-order valence-electron chi connectivity index (χ3n) is 2.88. The molecular weight excluding hydrogens is 308 g/mol. The summed E-state index contributed by atoms with van der Waals surface area (Å²) in [5, 5.41) is 12.4. The Hall–Kier alpha value is -2.59. The van der Waals surface area contributed by atoms with E-state index in [-0.39, 0.29) is 27.9 Å². The fourth-order valence-corrected chi connectivity index (χ4v) is 2.09. The maximum Gasteiger partial charge on any atom is 0.342 e. The van der Waals surface area contributed by atoms with Crippen molar-refractivity contribution >= 4 is 29.3 Å². The second-order valence-corrected chi connectivity index (χ2v) is 4.70. The van der Waals surface area contributed by atoms with Gasteiger partial charge in [-0.3, -0.25) is 0 Å². The Labute approximate surface area is 131 Å². The van der Waals surface area contributed by atoms with Gasteiger partial charge in [0.25, 0.3) is 0 Å². The number of esters is 1. The zero-order valence-electron chi connectivity index (χ0n) is 12.2. The Bertz CT molecular complexity index is 764. The van der Waals surface area contributed by atoms with Crippen molar-refractivity contribution in [2.24, 2.45) is 0 Å². The van der Waals surface area contributed by atoms with E-state index in [2.05, 4.69) is 20.0 Å². The molecule has 1 N–H and O–H groups in total. The number of methoxy groups -OCH3 is 1. The van der Waals surface area contributed by atoms with E-state index >= 15 is 0 Å². The van der Waals surface area contributed by atoms with Gasteiger partial charge in [0.05, 0.1) is 7.11 Å². The Morgan fingerprint density at radius 2 is 2.27 bits per heavy atom. The summed E-state index contributed by atoms with van der Waals surface area (Å²) in [6.45, 7) is 3.46. The molecule has 0 spiro atoms. The van der Waals surface area contributed by atoms with Crippen LogP contribution in [0, 0.1) is 18.3 Å². The van der Waals surface area contributed by atoms with Crippen LogP contribution in [0.1, 0.15) is 34.4 Å². The Balaban J connectivity index is 2.45. The molecule has 0 saturated carbocycles. The summed E-state index contributed by atoms with van der Waals surface area (Å²) in [5.74, 6) is 0.670. The standard InChI is InChI=1S/C14H13ClN4O3/c1-4-10-17-9(15)5-11(18-10)19-13-8(6-16)12(7(2)22-13)14(20)21-3/h5H,4H2,1-3H3,(H,17,18,19). The molecule has 2 heterocycles. The number of hydrogen-bond donors (Lipinski definition) is 1. The lowest BCUT2D eigenvalue weighted by Gasteiger charge is -2.05. The smallest absolute Gasteiger partial charge is 0.342 e. The van der Waals surface area contributed by atoms with Crippen molar-refractivity contribution in [3.05, 3.63) is 33.9 Å². The van der Waals surface area contributed by atoms with E-state index in [4.69, 9.17) is 16.0 Å². The molecule has 0 aliphatic heterocycles. The molecule has 22 heavy (non-hydrogen) atoms. The van der Waals surface area contributed by atoms with Gasteiger partial charge in [-0.15, -0.1) is 0 Å². The molecule has 0 unspecified atom stereocenters. The van der Waals surface area contributed by atoms with Crippen LogP contribution in [0.3, 0.4) is 0 Å². The molecule has 0 radical (unpaired) electrons. The number of aromatic nitrogens is 2. The average Bonchev–Trinajstić information content (AvgIpc) is 2.81. The minimum absolute atomic E-state index is 0.0529. The minimum Gasteiger partial charge on any atom is -0.465 e. The Morgan fingerprint density at radius 3 is 2.86 bits per heavy atom. The van der Waals surface area contributed by atoms with Crippen LogP contribution < -0.4 is 5.32 Å². The molecule has 0 aliphatic carbocycles. The molecule has 2 aromatic rings. The molecule has 0 aromatic carbocycles. The van der Waals surface area contributed by atoms with Gasteiger partial charge in [-0.05, 0) is 6.92 Å². The molecule has 7 nitrogen and oxygen atoms in total. The van der Waals surface area contributed by atoms with Crippen LogP contribution in [0.5, 0.6) is 0 Å². The number of anilines is 2. The second kappa shape index (κ2) is 6.45. The van der Waals surface area contributed by atoms with Gasteiger partial charge in [-0.1, -0.05) is 18.5 Å². The molecule has 0 bridgehead atoms. The molecule has 114 valence electrons. The van der Waals surface area contributed by atoms with E-state index < -0.39 is 5.97 Å². The van der Waals surface area contributed by atoms with Crippen LogP contribution in [0.2, 0.25) is 5.15 Å². The van der Waals surface area contributed by atoms with Gasteiger partial charge in [-0.25, -0.2) is 14.8 Å². The van der Waals surface area contributed by atoms with Gasteiger partial charge >= 0.3 is 5.97 Å². The molecule has 0 aliphatic rings. The zero-order chi connectivity index (χ0) is 16.3. The predicted molar refractivity (Wildman–Crippen MR) is 79.2 cm³/mol. The number of furan rings is 1. The summed E-state index contributed by atoms with van der Waals surface area (Å²) in [6, 6.07) is 3.43. The zero-order valence-corrected chi connectivity index (χ0v) is 13.0. The third kappa shape index (κ3) is 3.02. The highest BCUT2D eigenvalue weighted by atomic mass is 35.5. The highest BCUT2D eigenvalue weighted by molar-refractivity contribution is 6.29. The predicted octanol–water partition coefficient (Wildman–Crippen LogP) is 3.00. The van der Waals surface area contributed by atoms with Crippen LogP contribution in [0.4, 0.5) is 11.7 Å². The van der Waals surface area contributed by atoms with Crippen LogP contribution in [0.25, 0.3) is 0 Å². The number of rotatable bonds is 4. The summed E-state index contributed by atoms with van der Waals surface area (Å²) >= 11 is 5.92. The normalized spacial score (nSPS) is 10.1. The van der Waals surface area contributed by atoms with Crippen molar-refractivity contribution in [1.29, 1.82) is 5.26 Å². The van der Waals surface area contributed by atoms with Gasteiger partial charge in [0.1, 0.15) is 39.8 Å². The lowest BCUT2D eigenvalue weighted by atomic mass is 10.1. The summed E-state index contributed by atoms with van der Waals surface area (Å²) in [5.41, 5.74) is 0.139. The van der Waals surface area contributed by atoms with Gasteiger partial charge in [-0.2, -0.15) is 5.26 Å². The summed E-state index contributed by atoms with van der Waals surface area (Å²) < 4.78 is 10.1. The number of nitrogens with zero attached hydrogens (tertiary/aromatic N) is 3. The van der Waals surface area contributed by atoms with Crippen molar-refractivity contribution < 1.29 is 13.9 Å². The van der Waals surface area contributed by atoms with E-state index in [1.54, 1.807) is 6.92 Å². The lowest BCUT2D eigenvalue weighted by molar-refractivity contribution is 0.0598. The van der Waals surface area contributed by atoms with Gasteiger partial charge < -0.3 is 14.5 Å². The van der Waals surface area contributed by atoms with Crippen LogP contribution >= 0.6 is 11.6 Å². The Kier molecular flexibility index (Phi) is 4.63. The van der Waals surface area contributed by atoms with Crippen LogP contribution in [-0.4, -0.2) is 23.0 Å². The van der Waals surface area contributed by atoms with Crippen LogP contribution in [0.15, 0.2) is 10.5 Å². The molecule has 2 rings (SSSR count). The fraction of sp³-hybridized carbons (Fsp3) is 0.286. The van der Waals surface area contributed by atoms with E-state index in [0.717, 1.165) is 0 Å². The van der Waals surface area contributed by atoms with Crippen molar-refractivity contribution in [2.75, 3.05) is 12.4 Å². The van der Waals surface area contributed by atoms with E-state index in [1.807, 2.05) is 13.0 Å². The van der Waals surface area contributed by atoms with Gasteiger partial charge in [0.2, 0.25) is 5.88 Å². The summed E-state index contributed by atoms with van der Waals surface area (Å²) in [7, 11) is 1.24. The quantitative estimate of drug-likeness (QED) is 0.682. The number of aryl methyl sites for hydroxylation is 2. The average molecular weight is 321 g/mol. The van der Waals surface area contributed by atoms with Crippen LogP contribution in [-0.2, 0) is 11.2 Å². The maximum absolute atomic E-state index is 11.7. The first-order chi connectivity index (χ1) is 10.5. The van der Waals surface area contributed by atoms with Crippen molar-refractivity contribution in [2.45, 2.75) is 20.3 Å². The number of halogens is 1. The highest BCUT2D eigenvalue weighted by Crippen LogP contribution is 2.29. The third-order valence-corrected chi connectivity index (χ3v) is 3.08. The van der Waals surface area contributed by atoms with E-state index in [1.165, 1.54) is 13.2 Å². The summed E-state index contributed by atoms with van der Waals surface area (Å²) in [4.78, 5) is 20.0. The highest BCUT2D eigenvalue weighted by Gasteiger charge is 2.24. The van der Waals surface area contributed by atoms with Crippen molar-refractivity contribution in [3.63, 3.8) is 0 Å². The number of carbonyl (C=O) groups is 1. The number of nitriles is 1. The number of nitrogens with one attached hydrogen (secondary N) is 1. The maximum atomic E-state index is 11.7. The number of ether oxygens (including phenoxy) is 1. The topological polar surface area (TPSA) is 101 Å². The molecule has 2 aromatic heterocycles. The minimum atomic E-state index is -0.638. The molecule has 0 saturated heterocycles. The van der Waals surface area contributed by atoms with Gasteiger partial charge in [0, 0.05) is 12.5 Å². The first kappa shape index (κ1) is 15.8. The molecular formula is C14H13ClN4O3. The SMILES string of the molecule is CCc1nc(Cl)cc(Nc2oc(C)c(C(=O)OC)c2C#N)n1. The number of hydrogen-bond acceptors (Lipinski definition) is 7. The largest absolute Gasteiger partial charge is 0.465 e. The van der Waals surface area contributed by atoms with Gasteiger partial charge in [0.15, 0.2) is 0 Å². The van der Waals surface area contributed by atoms with Crippen molar-refractivity contribution in [1.82, 2.24) is 9.97 Å². The monoisotopic (exact) mass is 320 g/mol. The van der Waals surface area contributed by atoms with Crippen molar-refractivity contribution in [3.8, 4) is 6.07 Å². The molecule has 0 atom stereocenters.